The van der Waals surface area contributed by atoms with Crippen LogP contribution in [0.5, 0.6) is 0 Å². The zero-order valence-corrected chi connectivity index (χ0v) is 17.1. The van der Waals surface area contributed by atoms with Gasteiger partial charge in [-0.1, -0.05) is 12.1 Å². The fourth-order valence-corrected chi connectivity index (χ4v) is 4.76. The highest BCUT2D eigenvalue weighted by Crippen LogP contribution is 2.27. The number of sulfonamides is 1. The number of benzene rings is 1. The standard InChI is InChI=1S/C18H26N4O3S.ClH/c1-22(18-15-5-2-3-6-16(15)26(24,25)21-18)12-4-7-17(23)20-14-10-8-13(19)9-11-14;/h2-3,5-6,13-14H,4,7-12,19H2,1H3,(H,20,23);1H. The van der Waals surface area contributed by atoms with Gasteiger partial charge in [-0.2, -0.15) is 8.42 Å². The largest absolute Gasteiger partial charge is 0.358 e. The number of nitrogens with one attached hydrogen (secondary N) is 1. The van der Waals surface area contributed by atoms with Crippen molar-refractivity contribution in [3.63, 3.8) is 0 Å². The monoisotopic (exact) mass is 414 g/mol. The number of carbonyl (C=O) groups is 1. The molecular formula is C18H27ClN4O3S. The zero-order valence-electron chi connectivity index (χ0n) is 15.4. The van der Waals surface area contributed by atoms with Gasteiger partial charge < -0.3 is 16.0 Å². The Morgan fingerprint density at radius 3 is 2.63 bits per heavy atom. The Labute approximate surface area is 166 Å². The average molecular weight is 415 g/mol. The lowest BCUT2D eigenvalue weighted by Gasteiger charge is -2.27. The highest BCUT2D eigenvalue weighted by atomic mass is 35.5. The topological polar surface area (TPSA) is 105 Å². The second kappa shape index (κ2) is 9.03. The molecule has 9 heteroatoms. The van der Waals surface area contributed by atoms with E-state index in [2.05, 4.69) is 9.71 Å². The molecule has 2 aliphatic rings. The van der Waals surface area contributed by atoms with E-state index in [0.29, 0.717) is 30.8 Å². The maximum absolute atomic E-state index is 12.1. The lowest BCUT2D eigenvalue weighted by Crippen LogP contribution is -2.40. The van der Waals surface area contributed by atoms with Crippen LogP contribution in [0.4, 0.5) is 0 Å². The first-order chi connectivity index (χ1) is 12.4. The van der Waals surface area contributed by atoms with E-state index in [1.54, 1.807) is 36.2 Å². The molecule has 1 aromatic rings. The van der Waals surface area contributed by atoms with Crippen molar-refractivity contribution in [2.24, 2.45) is 10.1 Å². The van der Waals surface area contributed by atoms with E-state index in [4.69, 9.17) is 5.73 Å². The van der Waals surface area contributed by atoms with Gasteiger partial charge in [-0.25, -0.2) is 0 Å². The third-order valence-electron chi connectivity index (χ3n) is 5.01. The molecule has 0 aromatic heterocycles. The molecule has 0 unspecified atom stereocenters. The van der Waals surface area contributed by atoms with Gasteiger partial charge in [-0.05, 0) is 44.2 Å². The van der Waals surface area contributed by atoms with Gasteiger partial charge in [-0.3, -0.25) is 4.79 Å². The second-order valence-corrected chi connectivity index (χ2v) is 8.66. The molecule has 1 heterocycles. The number of hydrogen-bond acceptors (Lipinski definition) is 5. The summed E-state index contributed by atoms with van der Waals surface area (Å²) in [6.45, 7) is 0.561. The molecule has 0 saturated heterocycles. The van der Waals surface area contributed by atoms with Crippen LogP contribution >= 0.6 is 12.4 Å². The third-order valence-corrected chi connectivity index (χ3v) is 6.33. The fourth-order valence-electron chi connectivity index (χ4n) is 3.51. The molecule has 150 valence electrons. The summed E-state index contributed by atoms with van der Waals surface area (Å²) in [4.78, 5) is 14.2. The number of amides is 1. The van der Waals surface area contributed by atoms with Gasteiger partial charge >= 0.3 is 0 Å². The van der Waals surface area contributed by atoms with E-state index >= 15 is 0 Å². The Hall–Kier alpha value is -1.64. The quantitative estimate of drug-likeness (QED) is 0.762. The van der Waals surface area contributed by atoms with Crippen molar-refractivity contribution >= 4 is 34.2 Å². The highest BCUT2D eigenvalue weighted by Gasteiger charge is 2.30. The predicted molar refractivity (Wildman–Crippen MR) is 108 cm³/mol. The van der Waals surface area contributed by atoms with Crippen molar-refractivity contribution in [3.05, 3.63) is 29.8 Å². The molecule has 3 N–H and O–H groups in total. The van der Waals surface area contributed by atoms with E-state index in [0.717, 1.165) is 25.7 Å². The number of nitrogens with zero attached hydrogens (tertiary/aromatic N) is 2. The smallest absolute Gasteiger partial charge is 0.285 e. The molecule has 1 aromatic carbocycles. The van der Waals surface area contributed by atoms with Crippen molar-refractivity contribution in [1.29, 1.82) is 0 Å². The molecule has 0 atom stereocenters. The lowest BCUT2D eigenvalue weighted by molar-refractivity contribution is -0.122. The van der Waals surface area contributed by atoms with Gasteiger partial charge in [0, 0.05) is 37.7 Å². The summed E-state index contributed by atoms with van der Waals surface area (Å²) in [6.07, 6.45) is 4.85. The molecule has 1 fully saturated rings. The summed E-state index contributed by atoms with van der Waals surface area (Å²) in [6, 6.07) is 7.32. The number of carbonyl (C=O) groups excluding carboxylic acids is 1. The van der Waals surface area contributed by atoms with Crippen molar-refractivity contribution in [3.8, 4) is 0 Å². The number of halogens is 1. The van der Waals surface area contributed by atoms with Crippen LogP contribution in [0.1, 0.15) is 44.1 Å². The van der Waals surface area contributed by atoms with Gasteiger partial charge in [0.15, 0.2) is 0 Å². The first kappa shape index (κ1) is 21.7. The molecule has 1 aliphatic heterocycles. The molecule has 1 saturated carbocycles. The Balaban J connectivity index is 0.00000261. The van der Waals surface area contributed by atoms with Crippen molar-refractivity contribution in [2.45, 2.75) is 55.5 Å². The van der Waals surface area contributed by atoms with Crippen LogP contribution in [-0.2, 0) is 14.8 Å². The summed E-state index contributed by atoms with van der Waals surface area (Å²) in [5.74, 6) is 0.488. The molecule has 3 rings (SSSR count). The van der Waals surface area contributed by atoms with E-state index in [1.165, 1.54) is 0 Å². The maximum atomic E-state index is 12.1. The number of amidine groups is 1. The van der Waals surface area contributed by atoms with Gasteiger partial charge in [-0.15, -0.1) is 16.8 Å². The SMILES string of the molecule is CN(CCCC(=O)NC1CCC(N)CC1)C1=NS(=O)(=O)c2ccccc21.Cl. The predicted octanol–water partition coefficient (Wildman–Crippen LogP) is 1.66. The summed E-state index contributed by atoms with van der Waals surface area (Å²) in [7, 11) is -1.81. The highest BCUT2D eigenvalue weighted by molar-refractivity contribution is 7.90. The Bertz CT molecular complexity index is 805. The fraction of sp³-hybridized carbons (Fsp3) is 0.556. The number of hydrogen-bond donors (Lipinski definition) is 2. The number of nitrogens with two attached hydrogens (primary N) is 1. The van der Waals surface area contributed by atoms with Crippen LogP contribution in [0.3, 0.4) is 0 Å². The van der Waals surface area contributed by atoms with Crippen LogP contribution in [0, 0.1) is 0 Å². The number of rotatable bonds is 5. The molecule has 1 aliphatic carbocycles. The maximum Gasteiger partial charge on any atom is 0.285 e. The van der Waals surface area contributed by atoms with Crippen LogP contribution in [0.15, 0.2) is 33.6 Å². The summed E-state index contributed by atoms with van der Waals surface area (Å²) < 4.78 is 28.1. The molecular weight excluding hydrogens is 388 g/mol. The van der Waals surface area contributed by atoms with E-state index in [1.807, 2.05) is 0 Å². The molecule has 0 radical (unpaired) electrons. The summed E-state index contributed by atoms with van der Waals surface area (Å²) >= 11 is 0. The Kier molecular flexibility index (Phi) is 7.25. The van der Waals surface area contributed by atoms with Gasteiger partial charge in [0.05, 0.1) is 0 Å². The number of fused-ring (bicyclic) bond motifs is 1. The molecule has 27 heavy (non-hydrogen) atoms. The first-order valence-electron chi connectivity index (χ1n) is 9.07. The van der Waals surface area contributed by atoms with E-state index in [-0.39, 0.29) is 35.3 Å². The summed E-state index contributed by atoms with van der Waals surface area (Å²) in [5, 5.41) is 3.07. The minimum atomic E-state index is -3.61. The van der Waals surface area contributed by atoms with Gasteiger partial charge in [0.1, 0.15) is 10.7 Å². The first-order valence-corrected chi connectivity index (χ1v) is 10.5. The van der Waals surface area contributed by atoms with Crippen LogP contribution in [-0.4, -0.2) is 50.7 Å². The van der Waals surface area contributed by atoms with Crippen LogP contribution in [0.25, 0.3) is 0 Å². The Morgan fingerprint density at radius 2 is 1.93 bits per heavy atom. The lowest BCUT2D eigenvalue weighted by atomic mass is 9.92. The summed E-state index contributed by atoms with van der Waals surface area (Å²) in [5.41, 5.74) is 6.50. The van der Waals surface area contributed by atoms with Crippen molar-refractivity contribution in [1.82, 2.24) is 10.2 Å². The van der Waals surface area contributed by atoms with Crippen LogP contribution < -0.4 is 11.1 Å². The van der Waals surface area contributed by atoms with Crippen LogP contribution in [0.2, 0.25) is 0 Å². The normalized spacial score (nSPS) is 23.0. The molecule has 0 bridgehead atoms. The average Bonchev–Trinajstić information content (AvgIpc) is 2.89. The minimum Gasteiger partial charge on any atom is -0.358 e. The second-order valence-electron chi connectivity index (χ2n) is 7.09. The van der Waals surface area contributed by atoms with Gasteiger partial charge in [0.2, 0.25) is 5.91 Å². The van der Waals surface area contributed by atoms with Crippen molar-refractivity contribution < 1.29 is 13.2 Å². The Morgan fingerprint density at radius 1 is 1.26 bits per heavy atom. The molecule has 7 nitrogen and oxygen atoms in total. The molecule has 1 amide bonds. The van der Waals surface area contributed by atoms with E-state index in [9.17, 15) is 13.2 Å². The van der Waals surface area contributed by atoms with Gasteiger partial charge in [0.25, 0.3) is 10.0 Å². The zero-order chi connectivity index (χ0) is 18.7. The third kappa shape index (κ3) is 5.21. The van der Waals surface area contributed by atoms with E-state index < -0.39 is 10.0 Å². The van der Waals surface area contributed by atoms with Crippen molar-refractivity contribution in [2.75, 3.05) is 13.6 Å². The molecule has 0 spiro atoms. The minimum absolute atomic E-state index is 0.